The summed E-state index contributed by atoms with van der Waals surface area (Å²) in [5.74, 6) is 0. The van der Waals surface area contributed by atoms with E-state index < -0.39 is 0 Å². The highest BCUT2D eigenvalue weighted by atomic mass is 16.5. The minimum absolute atomic E-state index is 0.330. The Balaban J connectivity index is 2.70. The van der Waals surface area contributed by atoms with Crippen LogP contribution in [0.4, 0.5) is 0 Å². The summed E-state index contributed by atoms with van der Waals surface area (Å²) in [7, 11) is 0. The number of hydrogen-bond acceptors (Lipinski definition) is 2. The average Bonchev–Trinajstić information content (AvgIpc) is 2.18. The van der Waals surface area contributed by atoms with Gasteiger partial charge in [-0.15, -0.1) is 0 Å². The van der Waals surface area contributed by atoms with E-state index in [2.05, 4.69) is 36.8 Å². The molecule has 14 heavy (non-hydrogen) atoms. The third kappa shape index (κ3) is 3.05. The highest BCUT2D eigenvalue weighted by Gasteiger charge is 1.93. The van der Waals surface area contributed by atoms with Crippen LogP contribution in [0.5, 0.6) is 0 Å². The fourth-order valence-electron chi connectivity index (χ4n) is 1.21. The van der Waals surface area contributed by atoms with Crippen molar-refractivity contribution in [2.24, 2.45) is 0 Å². The highest BCUT2D eigenvalue weighted by Crippen LogP contribution is 2.11. The van der Waals surface area contributed by atoms with Crippen molar-refractivity contribution in [2.45, 2.75) is 13.8 Å². The topological polar surface area (TPSA) is 26.3 Å². The van der Waals surface area contributed by atoms with Crippen molar-refractivity contribution in [3.63, 3.8) is 0 Å². The second-order valence-corrected chi connectivity index (χ2v) is 3.19. The van der Waals surface area contributed by atoms with Crippen molar-refractivity contribution in [3.8, 4) is 0 Å². The summed E-state index contributed by atoms with van der Waals surface area (Å²) in [6, 6.07) is 6.26. The van der Waals surface area contributed by atoms with E-state index in [9.17, 15) is 4.79 Å². The van der Waals surface area contributed by atoms with E-state index in [1.165, 1.54) is 16.7 Å². The monoisotopic (exact) mass is 190 g/mol. The van der Waals surface area contributed by atoms with Crippen molar-refractivity contribution < 1.29 is 9.53 Å². The van der Waals surface area contributed by atoms with Crippen molar-refractivity contribution >= 4 is 12.5 Å². The van der Waals surface area contributed by atoms with Crippen molar-refractivity contribution in [3.05, 3.63) is 41.0 Å². The van der Waals surface area contributed by atoms with Crippen molar-refractivity contribution in [2.75, 3.05) is 6.61 Å². The lowest BCUT2D eigenvalue weighted by molar-refractivity contribution is -0.127. The number of benzene rings is 1. The van der Waals surface area contributed by atoms with Crippen LogP contribution in [0.25, 0.3) is 6.08 Å². The van der Waals surface area contributed by atoms with Crippen LogP contribution in [-0.2, 0) is 9.53 Å². The van der Waals surface area contributed by atoms with Crippen LogP contribution in [0.2, 0.25) is 0 Å². The molecule has 0 bridgehead atoms. The first kappa shape index (κ1) is 10.5. The van der Waals surface area contributed by atoms with Gasteiger partial charge in [-0.05, 0) is 31.1 Å². The SMILES string of the molecule is Cc1ccc(C)c(C=CCOC=O)c1. The molecule has 0 heterocycles. The third-order valence-corrected chi connectivity index (χ3v) is 1.99. The van der Waals surface area contributed by atoms with Crippen LogP contribution in [0.3, 0.4) is 0 Å². The maximum atomic E-state index is 9.88. The van der Waals surface area contributed by atoms with Crippen molar-refractivity contribution in [1.29, 1.82) is 0 Å². The van der Waals surface area contributed by atoms with Gasteiger partial charge in [-0.3, -0.25) is 4.79 Å². The first-order valence-corrected chi connectivity index (χ1v) is 4.53. The predicted molar refractivity (Wildman–Crippen MR) is 57.0 cm³/mol. The van der Waals surface area contributed by atoms with Gasteiger partial charge in [0, 0.05) is 0 Å². The maximum absolute atomic E-state index is 9.88. The molecule has 0 atom stereocenters. The van der Waals surface area contributed by atoms with Gasteiger partial charge in [0.2, 0.25) is 0 Å². The molecule has 2 heteroatoms. The summed E-state index contributed by atoms with van der Waals surface area (Å²) in [5, 5.41) is 0. The van der Waals surface area contributed by atoms with Gasteiger partial charge in [-0.2, -0.15) is 0 Å². The van der Waals surface area contributed by atoms with Gasteiger partial charge in [0.15, 0.2) is 0 Å². The van der Waals surface area contributed by atoms with E-state index in [0.717, 1.165) is 0 Å². The van der Waals surface area contributed by atoms with Crippen LogP contribution in [0, 0.1) is 13.8 Å². The molecule has 0 aliphatic rings. The molecule has 0 aromatic heterocycles. The molecule has 0 N–H and O–H groups in total. The van der Waals surface area contributed by atoms with Gasteiger partial charge < -0.3 is 4.74 Å². The number of aryl methyl sites for hydroxylation is 2. The number of carbonyl (C=O) groups excluding carboxylic acids is 1. The number of carbonyl (C=O) groups is 1. The van der Waals surface area contributed by atoms with E-state index in [0.29, 0.717) is 13.1 Å². The molecule has 0 saturated heterocycles. The number of ether oxygens (including phenoxy) is 1. The molecular formula is C12H14O2. The van der Waals surface area contributed by atoms with Crippen LogP contribution >= 0.6 is 0 Å². The third-order valence-electron chi connectivity index (χ3n) is 1.99. The van der Waals surface area contributed by atoms with Crippen LogP contribution in [0.15, 0.2) is 24.3 Å². The molecule has 74 valence electrons. The van der Waals surface area contributed by atoms with Gasteiger partial charge in [-0.1, -0.05) is 29.8 Å². The summed E-state index contributed by atoms with van der Waals surface area (Å²) in [5.41, 5.74) is 3.61. The quantitative estimate of drug-likeness (QED) is 0.538. The second-order valence-electron chi connectivity index (χ2n) is 3.19. The Morgan fingerprint density at radius 3 is 2.86 bits per heavy atom. The molecule has 0 saturated carbocycles. The summed E-state index contributed by atoms with van der Waals surface area (Å²) in [6.07, 6.45) is 3.79. The number of hydrogen-bond donors (Lipinski definition) is 0. The fraction of sp³-hybridized carbons (Fsp3) is 0.250. The molecule has 0 radical (unpaired) electrons. The lowest BCUT2D eigenvalue weighted by Gasteiger charge is -2.01. The van der Waals surface area contributed by atoms with Crippen LogP contribution < -0.4 is 0 Å². The second kappa shape index (κ2) is 5.22. The Morgan fingerprint density at radius 1 is 1.36 bits per heavy atom. The molecule has 2 nitrogen and oxygen atoms in total. The Labute approximate surface area is 84.2 Å². The normalized spacial score (nSPS) is 10.4. The first-order chi connectivity index (χ1) is 6.74. The van der Waals surface area contributed by atoms with E-state index >= 15 is 0 Å². The fourth-order valence-corrected chi connectivity index (χ4v) is 1.21. The lowest BCUT2D eigenvalue weighted by atomic mass is 10.1. The Kier molecular flexibility index (Phi) is 3.92. The Hall–Kier alpha value is -1.57. The largest absolute Gasteiger partial charge is 0.464 e. The van der Waals surface area contributed by atoms with Gasteiger partial charge in [0.1, 0.15) is 6.61 Å². The highest BCUT2D eigenvalue weighted by molar-refractivity contribution is 5.54. The number of rotatable bonds is 4. The zero-order valence-corrected chi connectivity index (χ0v) is 8.49. The summed E-state index contributed by atoms with van der Waals surface area (Å²) < 4.78 is 4.56. The Morgan fingerprint density at radius 2 is 2.14 bits per heavy atom. The average molecular weight is 190 g/mol. The predicted octanol–water partition coefficient (Wildman–Crippen LogP) is 2.49. The standard InChI is InChI=1S/C12H14O2/c1-10-5-6-11(2)12(8-10)4-3-7-14-9-13/h3-6,8-9H,7H2,1-2H3. The van der Waals surface area contributed by atoms with Crippen molar-refractivity contribution in [1.82, 2.24) is 0 Å². The minimum atomic E-state index is 0.330. The van der Waals surface area contributed by atoms with Crippen LogP contribution in [-0.4, -0.2) is 13.1 Å². The zero-order valence-electron chi connectivity index (χ0n) is 8.49. The molecule has 1 rings (SSSR count). The maximum Gasteiger partial charge on any atom is 0.293 e. The lowest BCUT2D eigenvalue weighted by Crippen LogP contribution is -1.87. The zero-order chi connectivity index (χ0) is 10.4. The van der Waals surface area contributed by atoms with Gasteiger partial charge in [0.25, 0.3) is 6.47 Å². The molecule has 0 spiro atoms. The van der Waals surface area contributed by atoms with Crippen LogP contribution in [0.1, 0.15) is 16.7 Å². The van der Waals surface area contributed by atoms with E-state index in [4.69, 9.17) is 0 Å². The molecule has 0 aliphatic heterocycles. The molecule has 0 aliphatic carbocycles. The minimum Gasteiger partial charge on any atom is -0.464 e. The van der Waals surface area contributed by atoms with E-state index in [1.54, 1.807) is 0 Å². The van der Waals surface area contributed by atoms with E-state index in [1.807, 2.05) is 12.2 Å². The molecular weight excluding hydrogens is 176 g/mol. The van der Waals surface area contributed by atoms with Gasteiger partial charge >= 0.3 is 0 Å². The smallest absolute Gasteiger partial charge is 0.293 e. The molecule has 0 unspecified atom stereocenters. The molecule has 1 aromatic rings. The van der Waals surface area contributed by atoms with Gasteiger partial charge in [0.05, 0.1) is 0 Å². The Bertz CT molecular complexity index is 340. The van der Waals surface area contributed by atoms with Gasteiger partial charge in [-0.25, -0.2) is 0 Å². The van der Waals surface area contributed by atoms with E-state index in [-0.39, 0.29) is 0 Å². The molecule has 0 amide bonds. The summed E-state index contributed by atoms with van der Waals surface area (Å²) >= 11 is 0. The molecule has 0 fully saturated rings. The summed E-state index contributed by atoms with van der Waals surface area (Å²) in [4.78, 5) is 9.88. The first-order valence-electron chi connectivity index (χ1n) is 4.53. The summed E-state index contributed by atoms with van der Waals surface area (Å²) in [6.45, 7) is 4.89. The molecule has 1 aromatic carbocycles.